The molecular formula is C21H28N4O3. The molecule has 0 spiro atoms. The van der Waals surface area contributed by atoms with Crippen LogP contribution in [0.4, 0.5) is 5.69 Å². The molecule has 28 heavy (non-hydrogen) atoms. The molecule has 0 bridgehead atoms. The Morgan fingerprint density at radius 2 is 2.11 bits per heavy atom. The highest BCUT2D eigenvalue weighted by Crippen LogP contribution is 2.59. The van der Waals surface area contributed by atoms with E-state index in [1.165, 1.54) is 12.0 Å². The second kappa shape index (κ2) is 7.47. The number of benzene rings is 1. The van der Waals surface area contributed by atoms with Gasteiger partial charge in [-0.2, -0.15) is 0 Å². The van der Waals surface area contributed by atoms with Crippen molar-refractivity contribution in [2.45, 2.75) is 24.9 Å². The van der Waals surface area contributed by atoms with Gasteiger partial charge in [0, 0.05) is 24.2 Å². The van der Waals surface area contributed by atoms with Crippen molar-refractivity contribution in [1.29, 1.82) is 0 Å². The maximum Gasteiger partial charge on any atom is 0.236 e. The zero-order valence-electron chi connectivity index (χ0n) is 16.5. The normalized spacial score (nSPS) is 29.6. The number of amides is 2. The fourth-order valence-electron chi connectivity index (χ4n) is 4.66. The molecule has 0 radical (unpaired) electrons. The largest absolute Gasteiger partial charge is 0.472 e. The van der Waals surface area contributed by atoms with Gasteiger partial charge < -0.3 is 25.2 Å². The van der Waals surface area contributed by atoms with E-state index in [9.17, 15) is 9.59 Å². The molecule has 3 aliphatic rings. The Kier molecular flexibility index (Phi) is 5.02. The Balaban J connectivity index is 1.45. The molecule has 1 aliphatic carbocycles. The van der Waals surface area contributed by atoms with Crippen LogP contribution in [-0.2, 0) is 19.7 Å². The number of hydrogen-bond donors (Lipinski definition) is 2. The quantitative estimate of drug-likeness (QED) is 0.681. The molecule has 1 aromatic carbocycles. The summed E-state index contributed by atoms with van der Waals surface area (Å²) in [6, 6.07) is 8.68. The monoisotopic (exact) mass is 384 g/mol. The van der Waals surface area contributed by atoms with Gasteiger partial charge in [0.25, 0.3) is 0 Å². The van der Waals surface area contributed by atoms with Crippen molar-refractivity contribution in [1.82, 2.24) is 15.5 Å². The minimum absolute atomic E-state index is 0.0518. The molecule has 7 nitrogen and oxygen atoms in total. The average Bonchev–Trinajstić information content (AvgIpc) is 3.08. The molecule has 3 fully saturated rings. The number of fused-ring (bicyclic) bond motifs is 1. The minimum atomic E-state index is -0.0518. The maximum atomic E-state index is 12.2. The molecule has 4 rings (SSSR count). The molecule has 2 aliphatic heterocycles. The maximum absolute atomic E-state index is 12.2. The van der Waals surface area contributed by atoms with Crippen molar-refractivity contribution in [3.05, 3.63) is 41.8 Å². The lowest BCUT2D eigenvalue weighted by Crippen LogP contribution is -2.38. The fourth-order valence-corrected chi connectivity index (χ4v) is 4.66. The summed E-state index contributed by atoms with van der Waals surface area (Å²) in [5.74, 6) is 1.59. The molecule has 2 saturated heterocycles. The van der Waals surface area contributed by atoms with E-state index in [-0.39, 0.29) is 17.4 Å². The van der Waals surface area contributed by atoms with Crippen LogP contribution in [0.1, 0.15) is 18.9 Å². The first-order valence-electron chi connectivity index (χ1n) is 9.91. The number of nitrogens with one attached hydrogen (secondary N) is 2. The van der Waals surface area contributed by atoms with E-state index in [2.05, 4.69) is 39.8 Å². The molecule has 1 aromatic rings. The Morgan fingerprint density at radius 1 is 1.32 bits per heavy atom. The Bertz CT molecular complexity index is 778. The number of carbonyl (C=O) groups excluding carboxylic acids is 2. The lowest BCUT2D eigenvalue weighted by molar-refractivity contribution is -0.129. The third-order valence-electron chi connectivity index (χ3n) is 6.20. The van der Waals surface area contributed by atoms with E-state index in [0.29, 0.717) is 32.0 Å². The molecule has 3 atom stereocenters. The molecule has 1 saturated carbocycles. The van der Waals surface area contributed by atoms with Gasteiger partial charge in [-0.15, -0.1) is 0 Å². The van der Waals surface area contributed by atoms with Gasteiger partial charge in [0.2, 0.25) is 12.3 Å². The number of likely N-dealkylation sites (tertiary alicyclic amines) is 1. The van der Waals surface area contributed by atoms with Crippen LogP contribution >= 0.6 is 0 Å². The van der Waals surface area contributed by atoms with Gasteiger partial charge >= 0.3 is 0 Å². The number of rotatable bonds is 7. The summed E-state index contributed by atoms with van der Waals surface area (Å²) >= 11 is 0. The highest BCUT2D eigenvalue weighted by Gasteiger charge is 2.61. The summed E-state index contributed by atoms with van der Waals surface area (Å²) < 4.78 is 5.92. The van der Waals surface area contributed by atoms with Gasteiger partial charge in [0.1, 0.15) is 6.10 Å². The van der Waals surface area contributed by atoms with Crippen LogP contribution < -0.4 is 15.5 Å². The van der Waals surface area contributed by atoms with Crippen molar-refractivity contribution >= 4 is 18.0 Å². The number of hydrogen-bond acceptors (Lipinski definition) is 5. The smallest absolute Gasteiger partial charge is 0.236 e. The van der Waals surface area contributed by atoms with E-state index in [1.54, 1.807) is 0 Å². The second-order valence-electron chi connectivity index (χ2n) is 7.91. The van der Waals surface area contributed by atoms with E-state index in [1.807, 2.05) is 24.9 Å². The molecule has 2 heterocycles. The first-order chi connectivity index (χ1) is 13.6. The van der Waals surface area contributed by atoms with Gasteiger partial charge in [0.15, 0.2) is 5.88 Å². The van der Waals surface area contributed by atoms with E-state index in [0.717, 1.165) is 24.7 Å². The predicted octanol–water partition coefficient (Wildman–Crippen LogP) is 0.818. The van der Waals surface area contributed by atoms with Crippen LogP contribution in [-0.4, -0.2) is 63.1 Å². The number of piperidine rings is 1. The van der Waals surface area contributed by atoms with Gasteiger partial charge in [-0.1, -0.05) is 12.1 Å². The highest BCUT2D eigenvalue weighted by atomic mass is 16.5. The van der Waals surface area contributed by atoms with E-state index in [4.69, 9.17) is 4.74 Å². The van der Waals surface area contributed by atoms with Crippen LogP contribution in [0.15, 0.2) is 36.2 Å². The number of likely N-dealkylation sites (N-methyl/N-ethyl adjacent to an activating group) is 1. The average molecular weight is 384 g/mol. The number of nitrogens with zero attached hydrogens (tertiary/aromatic N) is 2. The number of carbonyl (C=O) groups is 2. The Morgan fingerprint density at radius 3 is 2.79 bits per heavy atom. The minimum Gasteiger partial charge on any atom is -0.472 e. The predicted molar refractivity (Wildman–Crippen MR) is 107 cm³/mol. The zero-order chi connectivity index (χ0) is 19.7. The summed E-state index contributed by atoms with van der Waals surface area (Å²) in [5.41, 5.74) is 2.55. The van der Waals surface area contributed by atoms with Gasteiger partial charge in [-0.3, -0.25) is 9.59 Å². The Labute approximate surface area is 165 Å². The summed E-state index contributed by atoms with van der Waals surface area (Å²) in [6.45, 7) is 5.26. The van der Waals surface area contributed by atoms with Crippen molar-refractivity contribution < 1.29 is 14.3 Å². The SMILES string of the molecule is C/C=C1\OC(CNC=O)CN1c1ccc(C23CC2CN(C(=O)CNC)C3)cc1. The van der Waals surface area contributed by atoms with Crippen LogP contribution in [0.3, 0.4) is 0 Å². The Hall–Kier alpha value is -2.54. The lowest BCUT2D eigenvalue weighted by atomic mass is 9.94. The number of anilines is 1. The topological polar surface area (TPSA) is 73.9 Å². The van der Waals surface area contributed by atoms with E-state index >= 15 is 0 Å². The standard InChI is InChI=1S/C21H28N4O3/c1-3-20-25(12-18(28-20)9-23-14-26)17-6-4-15(5-7-17)21-8-16(21)11-24(13-21)19(27)10-22-2/h3-7,14,16,18,22H,8-13H2,1-2H3,(H,23,26)/b20-3-. The lowest BCUT2D eigenvalue weighted by Gasteiger charge is -2.22. The van der Waals surface area contributed by atoms with Crippen LogP contribution in [0, 0.1) is 5.92 Å². The summed E-state index contributed by atoms with van der Waals surface area (Å²) in [4.78, 5) is 26.9. The molecular weight excluding hydrogens is 356 g/mol. The van der Waals surface area contributed by atoms with Crippen molar-refractivity contribution in [2.24, 2.45) is 5.92 Å². The third kappa shape index (κ3) is 3.24. The van der Waals surface area contributed by atoms with E-state index < -0.39 is 0 Å². The number of ether oxygens (including phenoxy) is 1. The van der Waals surface area contributed by atoms with Crippen LogP contribution in [0.25, 0.3) is 0 Å². The molecule has 7 heteroatoms. The molecule has 150 valence electrons. The van der Waals surface area contributed by atoms with Crippen LogP contribution in [0.2, 0.25) is 0 Å². The third-order valence-corrected chi connectivity index (χ3v) is 6.20. The van der Waals surface area contributed by atoms with Gasteiger partial charge in [-0.25, -0.2) is 0 Å². The summed E-state index contributed by atoms with van der Waals surface area (Å²) in [7, 11) is 1.81. The van der Waals surface area contributed by atoms with Gasteiger partial charge in [0.05, 0.1) is 19.6 Å². The van der Waals surface area contributed by atoms with Gasteiger partial charge in [-0.05, 0) is 50.1 Å². The van der Waals surface area contributed by atoms with Crippen molar-refractivity contribution in [3.8, 4) is 0 Å². The fraction of sp³-hybridized carbons (Fsp3) is 0.524. The molecule has 2 N–H and O–H groups in total. The molecule has 0 aromatic heterocycles. The van der Waals surface area contributed by atoms with Crippen molar-refractivity contribution in [2.75, 3.05) is 44.7 Å². The highest BCUT2D eigenvalue weighted by molar-refractivity contribution is 5.79. The number of allylic oxidation sites excluding steroid dienone is 1. The first kappa shape index (κ1) is 18.8. The first-order valence-corrected chi connectivity index (χ1v) is 9.91. The zero-order valence-corrected chi connectivity index (χ0v) is 16.5. The van der Waals surface area contributed by atoms with Crippen LogP contribution in [0.5, 0.6) is 0 Å². The van der Waals surface area contributed by atoms with Crippen molar-refractivity contribution in [3.63, 3.8) is 0 Å². The summed E-state index contributed by atoms with van der Waals surface area (Å²) in [6.07, 6.45) is 3.77. The second-order valence-corrected chi connectivity index (χ2v) is 7.91. The molecule has 2 amide bonds. The summed E-state index contributed by atoms with van der Waals surface area (Å²) in [5, 5.41) is 5.64. The molecule has 3 unspecified atom stereocenters.